The number of aromatic nitrogens is 1. The Bertz CT molecular complexity index is 638. The Morgan fingerprint density at radius 2 is 1.67 bits per heavy atom. The highest BCUT2D eigenvalue weighted by atomic mass is 16.5. The van der Waals surface area contributed by atoms with E-state index in [4.69, 9.17) is 14.2 Å². The maximum Gasteiger partial charge on any atom is 0.212 e. The molecule has 0 fully saturated rings. The molecule has 2 rings (SSSR count). The van der Waals surface area contributed by atoms with E-state index in [0.717, 1.165) is 17.9 Å². The second-order valence-electron chi connectivity index (χ2n) is 6.24. The fraction of sp³-hybridized carbons (Fsp3) is 0.450. The van der Waals surface area contributed by atoms with E-state index in [1.165, 1.54) is 11.1 Å². The van der Waals surface area contributed by atoms with E-state index in [0.29, 0.717) is 24.3 Å². The Morgan fingerprint density at radius 1 is 0.917 bits per heavy atom. The molecule has 2 aromatic rings. The molecule has 0 aliphatic rings. The van der Waals surface area contributed by atoms with Crippen molar-refractivity contribution >= 4 is 0 Å². The molecule has 130 valence electrons. The molecule has 1 aromatic carbocycles. The second kappa shape index (κ2) is 8.57. The van der Waals surface area contributed by atoms with Gasteiger partial charge in [-0.2, -0.15) is 0 Å². The van der Waals surface area contributed by atoms with Gasteiger partial charge < -0.3 is 14.2 Å². The van der Waals surface area contributed by atoms with Gasteiger partial charge in [0.2, 0.25) is 5.88 Å². The number of ether oxygens (including phenoxy) is 3. The SMILES string of the molecule is COc1ccc(C(C)CCOc2ccc(C(C)C)cc2OC)cn1. The number of nitrogens with zero attached hydrogens (tertiary/aromatic N) is 1. The first-order valence-corrected chi connectivity index (χ1v) is 8.35. The van der Waals surface area contributed by atoms with Crippen molar-refractivity contribution < 1.29 is 14.2 Å². The van der Waals surface area contributed by atoms with Gasteiger partial charge in [-0.3, -0.25) is 0 Å². The van der Waals surface area contributed by atoms with Crippen LogP contribution in [-0.4, -0.2) is 25.8 Å². The number of pyridine rings is 1. The summed E-state index contributed by atoms with van der Waals surface area (Å²) in [5, 5.41) is 0. The van der Waals surface area contributed by atoms with Crippen molar-refractivity contribution in [2.45, 2.75) is 39.0 Å². The van der Waals surface area contributed by atoms with Crippen LogP contribution in [0.15, 0.2) is 36.5 Å². The number of methoxy groups -OCH3 is 2. The van der Waals surface area contributed by atoms with Gasteiger partial charge in [0.05, 0.1) is 20.8 Å². The molecule has 0 radical (unpaired) electrons. The fourth-order valence-corrected chi connectivity index (χ4v) is 2.48. The maximum absolute atomic E-state index is 5.93. The zero-order chi connectivity index (χ0) is 17.5. The monoisotopic (exact) mass is 329 g/mol. The molecule has 24 heavy (non-hydrogen) atoms. The molecule has 0 saturated carbocycles. The van der Waals surface area contributed by atoms with Crippen molar-refractivity contribution in [2.24, 2.45) is 0 Å². The van der Waals surface area contributed by atoms with Crippen LogP contribution in [0.2, 0.25) is 0 Å². The van der Waals surface area contributed by atoms with Crippen LogP contribution in [0, 0.1) is 0 Å². The van der Waals surface area contributed by atoms with Gasteiger partial charge in [-0.25, -0.2) is 4.98 Å². The Hall–Kier alpha value is -2.23. The summed E-state index contributed by atoms with van der Waals surface area (Å²) in [5.41, 5.74) is 2.43. The average molecular weight is 329 g/mol. The molecule has 0 spiro atoms. The normalized spacial score (nSPS) is 12.1. The molecule has 0 bridgehead atoms. The van der Waals surface area contributed by atoms with Gasteiger partial charge in [0.1, 0.15) is 0 Å². The molecule has 1 atom stereocenters. The first-order valence-electron chi connectivity index (χ1n) is 8.35. The van der Waals surface area contributed by atoms with Gasteiger partial charge in [-0.1, -0.05) is 32.9 Å². The third-order valence-electron chi connectivity index (χ3n) is 4.20. The number of hydrogen-bond acceptors (Lipinski definition) is 4. The van der Waals surface area contributed by atoms with E-state index in [9.17, 15) is 0 Å². The fourth-order valence-electron chi connectivity index (χ4n) is 2.48. The Balaban J connectivity index is 1.93. The molecule has 4 nitrogen and oxygen atoms in total. The minimum absolute atomic E-state index is 0.365. The standard InChI is InChI=1S/C20H27NO3/c1-14(2)16-6-8-18(19(12-16)22-4)24-11-10-15(3)17-7-9-20(23-5)21-13-17/h6-9,12-15H,10-11H2,1-5H3. The Kier molecular flexibility index (Phi) is 6.47. The summed E-state index contributed by atoms with van der Waals surface area (Å²) in [6.07, 6.45) is 2.77. The quantitative estimate of drug-likeness (QED) is 0.698. The van der Waals surface area contributed by atoms with Gasteiger partial charge in [-0.05, 0) is 41.5 Å². The van der Waals surface area contributed by atoms with Crippen LogP contribution in [0.5, 0.6) is 17.4 Å². The molecular formula is C20H27NO3. The van der Waals surface area contributed by atoms with E-state index < -0.39 is 0 Å². The lowest BCUT2D eigenvalue weighted by molar-refractivity contribution is 0.281. The minimum Gasteiger partial charge on any atom is -0.493 e. The average Bonchev–Trinajstić information content (AvgIpc) is 2.61. The summed E-state index contributed by atoms with van der Waals surface area (Å²) in [7, 11) is 3.30. The van der Waals surface area contributed by atoms with E-state index in [1.54, 1.807) is 14.2 Å². The summed E-state index contributed by atoms with van der Waals surface area (Å²) in [6, 6.07) is 10.1. The van der Waals surface area contributed by atoms with E-state index in [2.05, 4.69) is 44.0 Å². The first kappa shape index (κ1) is 18.1. The third kappa shape index (κ3) is 4.63. The van der Waals surface area contributed by atoms with E-state index in [1.807, 2.05) is 18.3 Å². The molecule has 0 amide bonds. The molecule has 1 unspecified atom stereocenters. The smallest absolute Gasteiger partial charge is 0.212 e. The lowest BCUT2D eigenvalue weighted by Gasteiger charge is -2.16. The van der Waals surface area contributed by atoms with E-state index >= 15 is 0 Å². The van der Waals surface area contributed by atoms with Crippen LogP contribution in [0.3, 0.4) is 0 Å². The van der Waals surface area contributed by atoms with Gasteiger partial charge in [0, 0.05) is 12.3 Å². The van der Waals surface area contributed by atoms with Crippen LogP contribution < -0.4 is 14.2 Å². The lowest BCUT2D eigenvalue weighted by atomic mass is 10.0. The third-order valence-corrected chi connectivity index (χ3v) is 4.20. The molecule has 0 N–H and O–H groups in total. The largest absolute Gasteiger partial charge is 0.493 e. The maximum atomic E-state index is 5.93. The molecule has 1 aromatic heterocycles. The van der Waals surface area contributed by atoms with E-state index in [-0.39, 0.29) is 0 Å². The number of rotatable bonds is 8. The van der Waals surface area contributed by atoms with Crippen LogP contribution in [0.4, 0.5) is 0 Å². The molecule has 0 aliphatic heterocycles. The lowest BCUT2D eigenvalue weighted by Crippen LogP contribution is -2.05. The topological polar surface area (TPSA) is 40.6 Å². The molecular weight excluding hydrogens is 302 g/mol. The predicted molar refractivity (Wildman–Crippen MR) is 96.4 cm³/mol. The highest BCUT2D eigenvalue weighted by Crippen LogP contribution is 2.31. The summed E-state index contributed by atoms with van der Waals surface area (Å²) >= 11 is 0. The zero-order valence-electron chi connectivity index (χ0n) is 15.2. The zero-order valence-corrected chi connectivity index (χ0v) is 15.2. The number of hydrogen-bond donors (Lipinski definition) is 0. The molecule has 0 aliphatic carbocycles. The highest BCUT2D eigenvalue weighted by molar-refractivity contribution is 5.43. The van der Waals surface area contributed by atoms with Crippen molar-refractivity contribution in [3.63, 3.8) is 0 Å². The molecule has 0 saturated heterocycles. The van der Waals surface area contributed by atoms with Crippen molar-refractivity contribution in [1.29, 1.82) is 0 Å². The van der Waals surface area contributed by atoms with Gasteiger partial charge in [-0.15, -0.1) is 0 Å². The summed E-state index contributed by atoms with van der Waals surface area (Å²) < 4.78 is 16.5. The Morgan fingerprint density at radius 3 is 2.25 bits per heavy atom. The van der Waals surface area contributed by atoms with Gasteiger partial charge in [0.15, 0.2) is 11.5 Å². The number of benzene rings is 1. The molecule has 4 heteroatoms. The first-order chi connectivity index (χ1) is 11.5. The van der Waals surface area contributed by atoms with Crippen LogP contribution in [-0.2, 0) is 0 Å². The van der Waals surface area contributed by atoms with Crippen molar-refractivity contribution in [3.8, 4) is 17.4 Å². The Labute approximate surface area is 144 Å². The second-order valence-corrected chi connectivity index (χ2v) is 6.24. The van der Waals surface area contributed by atoms with Gasteiger partial charge >= 0.3 is 0 Å². The minimum atomic E-state index is 0.365. The summed E-state index contributed by atoms with van der Waals surface area (Å²) in [5.74, 6) is 3.05. The van der Waals surface area contributed by atoms with Crippen molar-refractivity contribution in [3.05, 3.63) is 47.7 Å². The summed E-state index contributed by atoms with van der Waals surface area (Å²) in [4.78, 5) is 4.25. The highest BCUT2D eigenvalue weighted by Gasteiger charge is 2.10. The predicted octanol–water partition coefficient (Wildman–Crippen LogP) is 4.79. The van der Waals surface area contributed by atoms with Crippen LogP contribution >= 0.6 is 0 Å². The summed E-state index contributed by atoms with van der Waals surface area (Å²) in [6.45, 7) is 7.14. The van der Waals surface area contributed by atoms with Crippen molar-refractivity contribution in [1.82, 2.24) is 4.98 Å². The van der Waals surface area contributed by atoms with Gasteiger partial charge in [0.25, 0.3) is 0 Å². The van der Waals surface area contributed by atoms with Crippen molar-refractivity contribution in [2.75, 3.05) is 20.8 Å². The van der Waals surface area contributed by atoms with Crippen LogP contribution in [0.25, 0.3) is 0 Å². The molecule has 1 heterocycles. The van der Waals surface area contributed by atoms with Crippen LogP contribution in [0.1, 0.15) is 50.2 Å².